The van der Waals surface area contributed by atoms with Crippen LogP contribution in [0.25, 0.3) is 6.08 Å². The van der Waals surface area contributed by atoms with E-state index in [9.17, 15) is 9.59 Å². The predicted molar refractivity (Wildman–Crippen MR) is 155 cm³/mol. The number of ether oxygens (including phenoxy) is 2. The predicted octanol–water partition coefficient (Wildman–Crippen LogP) is 5.85. The maximum absolute atomic E-state index is 13.7. The van der Waals surface area contributed by atoms with Crippen LogP contribution in [-0.2, 0) is 16.1 Å². The van der Waals surface area contributed by atoms with Gasteiger partial charge >= 0.3 is 5.97 Å². The fourth-order valence-corrected chi connectivity index (χ4v) is 6.73. The van der Waals surface area contributed by atoms with Gasteiger partial charge in [-0.15, -0.1) is 11.3 Å². The zero-order chi connectivity index (χ0) is 26.8. The van der Waals surface area contributed by atoms with Crippen molar-refractivity contribution >= 4 is 62.2 Å². The number of esters is 1. The number of thiophene rings is 1. The van der Waals surface area contributed by atoms with Gasteiger partial charge in [-0.2, -0.15) is 0 Å². The summed E-state index contributed by atoms with van der Waals surface area (Å²) >= 11 is 12.6. The first kappa shape index (κ1) is 26.6. The number of carbonyl (C=O) groups excluding carboxylic acids is 1. The van der Waals surface area contributed by atoms with Crippen LogP contribution in [0.5, 0.6) is 5.75 Å². The summed E-state index contributed by atoms with van der Waals surface area (Å²) in [6.45, 7) is 4.11. The molecule has 1 aliphatic heterocycles. The van der Waals surface area contributed by atoms with Crippen LogP contribution >= 0.6 is 50.2 Å². The van der Waals surface area contributed by atoms with E-state index in [1.165, 1.54) is 22.7 Å². The van der Waals surface area contributed by atoms with Crippen LogP contribution in [-0.4, -0.2) is 17.1 Å². The van der Waals surface area contributed by atoms with E-state index in [2.05, 4.69) is 20.9 Å². The van der Waals surface area contributed by atoms with Crippen LogP contribution in [0, 0.1) is 0 Å². The minimum absolute atomic E-state index is 0.211. The van der Waals surface area contributed by atoms with Crippen molar-refractivity contribution in [3.05, 3.63) is 116 Å². The third-order valence-electron chi connectivity index (χ3n) is 5.92. The van der Waals surface area contributed by atoms with E-state index < -0.39 is 12.0 Å². The molecule has 1 atom stereocenters. The molecule has 5 rings (SSSR count). The molecule has 6 nitrogen and oxygen atoms in total. The smallest absolute Gasteiger partial charge is 0.338 e. The summed E-state index contributed by atoms with van der Waals surface area (Å²) in [7, 11) is 0. The van der Waals surface area contributed by atoms with Gasteiger partial charge in [-0.25, -0.2) is 9.79 Å². The molecule has 0 amide bonds. The molecular weight excluding hydrogens is 608 g/mol. The lowest BCUT2D eigenvalue weighted by atomic mass is 10.0. The maximum Gasteiger partial charge on any atom is 0.338 e. The van der Waals surface area contributed by atoms with Crippen LogP contribution in [0.3, 0.4) is 0 Å². The number of allylic oxidation sites excluding steroid dienone is 1. The van der Waals surface area contributed by atoms with E-state index in [1.807, 2.05) is 66.1 Å². The summed E-state index contributed by atoms with van der Waals surface area (Å²) in [6.07, 6.45) is 1.82. The number of hydrogen-bond acceptors (Lipinski definition) is 7. The van der Waals surface area contributed by atoms with Gasteiger partial charge in [-0.3, -0.25) is 9.36 Å². The first-order valence-electron chi connectivity index (χ1n) is 11.8. The number of hydrogen-bond donors (Lipinski definition) is 0. The highest BCUT2D eigenvalue weighted by Crippen LogP contribution is 2.33. The second kappa shape index (κ2) is 11.4. The minimum Gasteiger partial charge on any atom is -0.488 e. The lowest BCUT2D eigenvalue weighted by Crippen LogP contribution is -2.39. The Bertz CT molecular complexity index is 1720. The summed E-state index contributed by atoms with van der Waals surface area (Å²) in [6, 6.07) is 16.4. The molecule has 0 spiro atoms. The molecule has 0 aliphatic carbocycles. The van der Waals surface area contributed by atoms with E-state index in [-0.39, 0.29) is 12.2 Å². The van der Waals surface area contributed by atoms with E-state index in [0.717, 1.165) is 20.5 Å². The number of carbonyl (C=O) groups is 1. The van der Waals surface area contributed by atoms with Crippen LogP contribution in [0.15, 0.2) is 85.5 Å². The molecule has 2 aromatic carbocycles. The minimum atomic E-state index is -0.584. The molecular formula is C28H22BrClN2O4S2. The van der Waals surface area contributed by atoms with E-state index in [0.29, 0.717) is 38.0 Å². The van der Waals surface area contributed by atoms with Gasteiger partial charge < -0.3 is 9.47 Å². The van der Waals surface area contributed by atoms with Gasteiger partial charge in [0.2, 0.25) is 0 Å². The average molecular weight is 630 g/mol. The Kier molecular flexibility index (Phi) is 7.99. The van der Waals surface area contributed by atoms with E-state index in [1.54, 1.807) is 18.4 Å². The summed E-state index contributed by atoms with van der Waals surface area (Å²) < 4.78 is 14.1. The zero-order valence-corrected chi connectivity index (χ0v) is 24.4. The van der Waals surface area contributed by atoms with Crippen molar-refractivity contribution in [1.82, 2.24) is 4.57 Å². The molecule has 3 heterocycles. The van der Waals surface area contributed by atoms with Gasteiger partial charge in [0.15, 0.2) is 4.80 Å². The molecule has 1 aliphatic rings. The number of rotatable bonds is 7. The molecule has 38 heavy (non-hydrogen) atoms. The molecule has 0 bridgehead atoms. The normalized spacial score (nSPS) is 15.3. The van der Waals surface area contributed by atoms with Crippen molar-refractivity contribution in [2.24, 2.45) is 4.99 Å². The van der Waals surface area contributed by atoms with Crippen molar-refractivity contribution in [2.75, 3.05) is 6.61 Å². The van der Waals surface area contributed by atoms with E-state index >= 15 is 0 Å². The lowest BCUT2D eigenvalue weighted by Gasteiger charge is -2.23. The van der Waals surface area contributed by atoms with Crippen molar-refractivity contribution in [3.63, 3.8) is 0 Å². The molecule has 10 heteroatoms. The molecule has 0 N–H and O–H groups in total. The third kappa shape index (κ3) is 5.29. The Hall–Kier alpha value is -2.98. The van der Waals surface area contributed by atoms with Crippen molar-refractivity contribution < 1.29 is 14.3 Å². The van der Waals surface area contributed by atoms with Gasteiger partial charge in [0.1, 0.15) is 18.4 Å². The summed E-state index contributed by atoms with van der Waals surface area (Å²) in [4.78, 5) is 32.6. The SMILES string of the molecule is CCOC(=O)C1=C(C)N=c2s/c(=C\c3ccc(OCc4ccccc4Cl)c(Br)c3)c(=O)n2[C@@H]1c1cccs1. The first-order chi connectivity index (χ1) is 18.4. The fraction of sp³-hybridized carbons (Fsp3) is 0.179. The molecule has 0 saturated carbocycles. The average Bonchev–Trinajstić information content (AvgIpc) is 3.52. The third-order valence-corrected chi connectivity index (χ3v) is 8.82. The summed E-state index contributed by atoms with van der Waals surface area (Å²) in [5, 5.41) is 2.58. The van der Waals surface area contributed by atoms with Gasteiger partial charge in [-0.1, -0.05) is 53.3 Å². The monoisotopic (exact) mass is 628 g/mol. The van der Waals surface area contributed by atoms with Crippen molar-refractivity contribution in [3.8, 4) is 5.75 Å². The van der Waals surface area contributed by atoms with Crippen LogP contribution in [0.4, 0.5) is 0 Å². The largest absolute Gasteiger partial charge is 0.488 e. The quantitative estimate of drug-likeness (QED) is 0.241. The number of benzene rings is 2. The molecule has 4 aromatic rings. The second-order valence-corrected chi connectivity index (χ2v) is 11.6. The van der Waals surface area contributed by atoms with Crippen LogP contribution in [0.1, 0.15) is 35.9 Å². The maximum atomic E-state index is 13.7. The topological polar surface area (TPSA) is 69.9 Å². The standard InChI is InChI=1S/C28H22BrClN2O4S2/c1-3-35-27(34)24-16(2)31-28-32(25(24)22-9-6-12-37-22)26(33)23(38-28)14-17-10-11-21(19(29)13-17)36-15-18-7-4-5-8-20(18)30/h4-14,25H,3,15H2,1-2H3/b23-14-/t25-/m1/s1. The molecule has 0 saturated heterocycles. The fourth-order valence-electron chi connectivity index (χ4n) is 4.15. The molecule has 0 unspecified atom stereocenters. The Morgan fingerprint density at radius 2 is 2.03 bits per heavy atom. The highest BCUT2D eigenvalue weighted by molar-refractivity contribution is 9.10. The van der Waals surface area contributed by atoms with Crippen LogP contribution < -0.4 is 19.6 Å². The van der Waals surface area contributed by atoms with Crippen molar-refractivity contribution in [1.29, 1.82) is 0 Å². The number of aromatic nitrogens is 1. The van der Waals surface area contributed by atoms with Crippen molar-refractivity contribution in [2.45, 2.75) is 26.5 Å². The van der Waals surface area contributed by atoms with Gasteiger partial charge in [0.05, 0.1) is 26.9 Å². The van der Waals surface area contributed by atoms with Gasteiger partial charge in [0.25, 0.3) is 5.56 Å². The molecule has 194 valence electrons. The Morgan fingerprint density at radius 3 is 2.74 bits per heavy atom. The second-order valence-electron chi connectivity index (χ2n) is 8.39. The molecule has 0 radical (unpaired) electrons. The number of nitrogens with zero attached hydrogens (tertiary/aromatic N) is 2. The molecule has 0 fully saturated rings. The summed E-state index contributed by atoms with van der Waals surface area (Å²) in [5.41, 5.74) is 2.44. The van der Waals surface area contributed by atoms with Crippen LogP contribution in [0.2, 0.25) is 5.02 Å². The van der Waals surface area contributed by atoms with E-state index in [4.69, 9.17) is 21.1 Å². The van der Waals surface area contributed by atoms with Gasteiger partial charge in [0, 0.05) is 15.5 Å². The Labute approximate surface area is 240 Å². The van der Waals surface area contributed by atoms with Gasteiger partial charge in [-0.05, 0) is 71.1 Å². The highest BCUT2D eigenvalue weighted by Gasteiger charge is 2.33. The lowest BCUT2D eigenvalue weighted by molar-refractivity contribution is -0.139. The zero-order valence-electron chi connectivity index (χ0n) is 20.4. The highest BCUT2D eigenvalue weighted by atomic mass is 79.9. The summed E-state index contributed by atoms with van der Waals surface area (Å²) in [5.74, 6) is 0.202. The first-order valence-corrected chi connectivity index (χ1v) is 14.6. The Morgan fingerprint density at radius 1 is 1.21 bits per heavy atom. The number of thiazole rings is 1. The molecule has 2 aromatic heterocycles. The number of fused-ring (bicyclic) bond motifs is 1. The number of halogens is 2. The Balaban J connectivity index is 1.50.